The zero-order valence-corrected chi connectivity index (χ0v) is 13.1. The van der Waals surface area contributed by atoms with E-state index in [1.165, 1.54) is 12.1 Å². The molecule has 3 aromatic rings. The zero-order chi connectivity index (χ0) is 16.5. The number of ether oxygens (including phenoxy) is 1. The van der Waals surface area contributed by atoms with Crippen LogP contribution in [0.15, 0.2) is 48.5 Å². The number of hydrogen-bond acceptors (Lipinski definition) is 5. The maximum Gasteiger partial charge on any atom is 0.243 e. The second-order valence-electron chi connectivity index (χ2n) is 5.72. The number of tetrazole rings is 1. The fraction of sp³-hybridized carbons (Fsp3) is 0.235. The number of nitrogens with one attached hydrogen (secondary N) is 1. The summed E-state index contributed by atoms with van der Waals surface area (Å²) >= 11 is 0. The zero-order valence-electron chi connectivity index (χ0n) is 13.1. The smallest absolute Gasteiger partial charge is 0.243 e. The van der Waals surface area contributed by atoms with Crippen LogP contribution in [0.3, 0.4) is 0 Å². The second kappa shape index (κ2) is 5.92. The van der Waals surface area contributed by atoms with E-state index in [1.807, 2.05) is 24.3 Å². The molecule has 6 nitrogen and oxygen atoms in total. The summed E-state index contributed by atoms with van der Waals surface area (Å²) in [6.45, 7) is 0. The van der Waals surface area contributed by atoms with Crippen molar-refractivity contribution >= 4 is 5.95 Å². The lowest BCUT2D eigenvalue weighted by Crippen LogP contribution is -2.28. The van der Waals surface area contributed by atoms with Crippen LogP contribution in [0.25, 0.3) is 0 Å². The van der Waals surface area contributed by atoms with Crippen LogP contribution in [0.5, 0.6) is 5.75 Å². The van der Waals surface area contributed by atoms with E-state index in [1.54, 1.807) is 23.9 Å². The van der Waals surface area contributed by atoms with Crippen molar-refractivity contribution in [3.63, 3.8) is 0 Å². The van der Waals surface area contributed by atoms with E-state index in [9.17, 15) is 4.39 Å². The van der Waals surface area contributed by atoms with Gasteiger partial charge in [-0.2, -0.15) is 0 Å². The minimum Gasteiger partial charge on any atom is -0.497 e. The summed E-state index contributed by atoms with van der Waals surface area (Å²) < 4.78 is 20.2. The minimum absolute atomic E-state index is 0.0519. The standard InChI is InChI=1S/C17H16FN5O/c1-24-14-8-4-11(5-9-14)15-10-16(12-2-6-13(18)7-3-12)23-17(19-15)20-21-22-23/h2-9,15-16H,10H2,1H3,(H,19,20,22)/t15-,16-/m0/s1. The number of benzene rings is 2. The molecule has 0 spiro atoms. The third-order valence-electron chi connectivity index (χ3n) is 4.32. The number of halogens is 1. The Balaban J connectivity index is 1.68. The van der Waals surface area contributed by atoms with E-state index in [0.29, 0.717) is 5.95 Å². The fourth-order valence-corrected chi connectivity index (χ4v) is 3.05. The van der Waals surface area contributed by atoms with Crippen LogP contribution in [-0.2, 0) is 0 Å². The van der Waals surface area contributed by atoms with Crippen LogP contribution in [0.4, 0.5) is 10.3 Å². The first kappa shape index (κ1) is 14.6. The summed E-state index contributed by atoms with van der Waals surface area (Å²) in [5.74, 6) is 1.17. The van der Waals surface area contributed by atoms with Crippen molar-refractivity contribution in [1.29, 1.82) is 0 Å². The second-order valence-corrected chi connectivity index (χ2v) is 5.72. The molecular formula is C17H16FN5O. The predicted octanol–water partition coefficient (Wildman–Crippen LogP) is 2.97. The molecule has 4 rings (SSSR count). The van der Waals surface area contributed by atoms with Crippen molar-refractivity contribution in [2.24, 2.45) is 0 Å². The van der Waals surface area contributed by atoms with Gasteiger partial charge in [-0.15, -0.1) is 0 Å². The molecule has 1 aromatic heterocycles. The highest BCUT2D eigenvalue weighted by Crippen LogP contribution is 2.37. The quantitative estimate of drug-likeness (QED) is 0.802. The summed E-state index contributed by atoms with van der Waals surface area (Å²) in [6.07, 6.45) is 0.760. The van der Waals surface area contributed by atoms with Gasteiger partial charge < -0.3 is 10.1 Å². The molecule has 2 aromatic carbocycles. The first-order valence-electron chi connectivity index (χ1n) is 7.68. The number of hydrogen-bond donors (Lipinski definition) is 1. The lowest BCUT2D eigenvalue weighted by Gasteiger charge is -2.31. The molecule has 1 N–H and O–H groups in total. The summed E-state index contributed by atoms with van der Waals surface area (Å²) in [5, 5.41) is 15.2. The molecule has 0 saturated heterocycles. The largest absolute Gasteiger partial charge is 0.497 e. The first-order valence-corrected chi connectivity index (χ1v) is 7.68. The number of fused-ring (bicyclic) bond motifs is 1. The molecular weight excluding hydrogens is 309 g/mol. The summed E-state index contributed by atoms with van der Waals surface area (Å²) in [7, 11) is 1.65. The van der Waals surface area contributed by atoms with E-state index < -0.39 is 0 Å². The van der Waals surface area contributed by atoms with Crippen LogP contribution < -0.4 is 10.1 Å². The van der Waals surface area contributed by atoms with Gasteiger partial charge >= 0.3 is 0 Å². The summed E-state index contributed by atoms with van der Waals surface area (Å²) in [6, 6.07) is 14.4. The number of nitrogens with zero attached hydrogens (tertiary/aromatic N) is 4. The highest BCUT2D eigenvalue weighted by Gasteiger charge is 2.30. The molecule has 1 aliphatic heterocycles. The average Bonchev–Trinajstić information content (AvgIpc) is 3.10. The van der Waals surface area contributed by atoms with Gasteiger partial charge in [0.05, 0.1) is 19.2 Å². The molecule has 7 heteroatoms. The number of methoxy groups -OCH3 is 1. The maximum absolute atomic E-state index is 13.2. The highest BCUT2D eigenvalue weighted by molar-refractivity contribution is 5.39. The van der Waals surface area contributed by atoms with E-state index in [0.717, 1.165) is 23.3 Å². The molecule has 0 unspecified atom stereocenters. The highest BCUT2D eigenvalue weighted by atomic mass is 19.1. The van der Waals surface area contributed by atoms with Crippen molar-refractivity contribution in [3.8, 4) is 5.75 Å². The molecule has 0 fully saturated rings. The average molecular weight is 325 g/mol. The van der Waals surface area contributed by atoms with Gasteiger partial charge in [0.2, 0.25) is 5.95 Å². The van der Waals surface area contributed by atoms with Crippen molar-refractivity contribution in [3.05, 3.63) is 65.5 Å². The van der Waals surface area contributed by atoms with E-state index >= 15 is 0 Å². The Labute approximate surface area is 138 Å². The van der Waals surface area contributed by atoms with Crippen molar-refractivity contribution in [2.45, 2.75) is 18.5 Å². The molecule has 0 radical (unpaired) electrons. The SMILES string of the molecule is COc1ccc([C@@H]2C[C@@H](c3ccc(F)cc3)n3nnnc3N2)cc1. The summed E-state index contributed by atoms with van der Waals surface area (Å²) in [5.41, 5.74) is 2.10. The lowest BCUT2D eigenvalue weighted by atomic mass is 9.93. The maximum atomic E-state index is 13.2. The van der Waals surface area contributed by atoms with Crippen molar-refractivity contribution in [2.75, 3.05) is 12.4 Å². The van der Waals surface area contributed by atoms with E-state index in [2.05, 4.69) is 20.8 Å². The minimum atomic E-state index is -0.253. The van der Waals surface area contributed by atoms with Gasteiger partial charge in [0.15, 0.2) is 0 Å². The van der Waals surface area contributed by atoms with Crippen LogP contribution in [0.2, 0.25) is 0 Å². The fourth-order valence-electron chi connectivity index (χ4n) is 3.05. The Hall–Kier alpha value is -2.96. The van der Waals surface area contributed by atoms with Gasteiger partial charge in [0.1, 0.15) is 11.6 Å². The lowest BCUT2D eigenvalue weighted by molar-refractivity contribution is 0.412. The van der Waals surface area contributed by atoms with E-state index in [-0.39, 0.29) is 17.9 Å². The molecule has 0 aliphatic carbocycles. The molecule has 2 heterocycles. The molecule has 0 saturated carbocycles. The Morgan fingerprint density at radius 3 is 2.50 bits per heavy atom. The Morgan fingerprint density at radius 2 is 1.79 bits per heavy atom. The van der Waals surface area contributed by atoms with E-state index in [4.69, 9.17) is 4.74 Å². The van der Waals surface area contributed by atoms with Crippen LogP contribution in [-0.4, -0.2) is 27.3 Å². The van der Waals surface area contributed by atoms with Gasteiger partial charge in [-0.05, 0) is 52.2 Å². The molecule has 122 valence electrons. The Kier molecular flexibility index (Phi) is 3.60. The molecule has 1 aliphatic rings. The van der Waals surface area contributed by atoms with Crippen LogP contribution in [0, 0.1) is 5.82 Å². The normalized spacial score (nSPS) is 19.4. The molecule has 0 amide bonds. The number of anilines is 1. The topological polar surface area (TPSA) is 64.9 Å². The molecule has 24 heavy (non-hydrogen) atoms. The van der Waals surface area contributed by atoms with Gasteiger partial charge in [-0.3, -0.25) is 0 Å². The summed E-state index contributed by atoms with van der Waals surface area (Å²) in [4.78, 5) is 0. The Morgan fingerprint density at radius 1 is 1.08 bits per heavy atom. The van der Waals surface area contributed by atoms with Gasteiger partial charge in [0.25, 0.3) is 0 Å². The number of rotatable bonds is 3. The van der Waals surface area contributed by atoms with Crippen molar-refractivity contribution < 1.29 is 9.13 Å². The van der Waals surface area contributed by atoms with Crippen molar-refractivity contribution in [1.82, 2.24) is 20.2 Å². The molecule has 2 atom stereocenters. The van der Waals surface area contributed by atoms with Crippen LogP contribution in [0.1, 0.15) is 29.6 Å². The predicted molar refractivity (Wildman–Crippen MR) is 86.3 cm³/mol. The van der Waals surface area contributed by atoms with Crippen LogP contribution >= 0.6 is 0 Å². The van der Waals surface area contributed by atoms with Gasteiger partial charge in [-0.1, -0.05) is 29.4 Å². The first-order chi connectivity index (χ1) is 11.7. The van der Waals surface area contributed by atoms with Gasteiger partial charge in [0, 0.05) is 0 Å². The third-order valence-corrected chi connectivity index (χ3v) is 4.32. The monoisotopic (exact) mass is 325 g/mol. The number of aromatic nitrogens is 4. The van der Waals surface area contributed by atoms with Gasteiger partial charge in [-0.25, -0.2) is 9.07 Å². The molecule has 0 bridgehead atoms. The Bertz CT molecular complexity index is 831. The third kappa shape index (κ3) is 2.58.